The maximum Gasteiger partial charge on any atom is 0.122 e. The molecule has 1 unspecified atom stereocenters. The number of carbonyl (C=O) groups excluding carboxylic acids is 1. The molecule has 0 amide bonds. The number of hydrogen-bond donors (Lipinski definition) is 1. The normalized spacial score (nSPS) is 12.9. The summed E-state index contributed by atoms with van der Waals surface area (Å²) in [6.45, 7) is 4.24. The molecule has 0 fully saturated rings. The fourth-order valence-electron chi connectivity index (χ4n) is 1.33. The number of carbonyl (C=O) groups is 1. The van der Waals surface area contributed by atoms with E-state index in [1.54, 1.807) is 0 Å². The number of aliphatic hydroxyl groups is 1. The van der Waals surface area contributed by atoms with Gasteiger partial charge in [0.25, 0.3) is 0 Å². The molecule has 0 radical (unpaired) electrons. The van der Waals surface area contributed by atoms with Gasteiger partial charge in [-0.1, -0.05) is 38.1 Å². The van der Waals surface area contributed by atoms with Crippen LogP contribution in [-0.4, -0.2) is 11.4 Å². The van der Waals surface area contributed by atoms with E-state index >= 15 is 0 Å². The zero-order valence-electron chi connectivity index (χ0n) is 8.60. The molecule has 1 aromatic carbocycles. The van der Waals surface area contributed by atoms with Gasteiger partial charge in [0, 0.05) is 6.42 Å². The first-order valence-electron chi connectivity index (χ1n) is 4.86. The van der Waals surface area contributed by atoms with Crippen LogP contribution in [0.15, 0.2) is 24.3 Å². The van der Waals surface area contributed by atoms with E-state index in [0.29, 0.717) is 5.92 Å². The van der Waals surface area contributed by atoms with Crippen molar-refractivity contribution in [2.45, 2.75) is 32.3 Å². The Hall–Kier alpha value is -1.15. The van der Waals surface area contributed by atoms with Crippen molar-refractivity contribution in [3.63, 3.8) is 0 Å². The van der Waals surface area contributed by atoms with Crippen LogP contribution in [0.4, 0.5) is 0 Å². The second-order valence-electron chi connectivity index (χ2n) is 3.74. The summed E-state index contributed by atoms with van der Waals surface area (Å²) in [5.41, 5.74) is 2.05. The molecule has 1 aromatic rings. The molecule has 0 bridgehead atoms. The van der Waals surface area contributed by atoms with Gasteiger partial charge in [0.05, 0.1) is 6.10 Å². The summed E-state index contributed by atoms with van der Waals surface area (Å²) in [6, 6.07) is 7.75. The number of aldehydes is 1. The Labute approximate surface area is 84.6 Å². The average Bonchev–Trinajstić information content (AvgIpc) is 2.18. The lowest BCUT2D eigenvalue weighted by Gasteiger charge is -2.09. The van der Waals surface area contributed by atoms with Gasteiger partial charge in [-0.3, -0.25) is 0 Å². The Morgan fingerprint density at radius 1 is 1.21 bits per heavy atom. The molecular formula is C12H16O2. The molecular weight excluding hydrogens is 176 g/mol. The van der Waals surface area contributed by atoms with Crippen LogP contribution >= 0.6 is 0 Å². The summed E-state index contributed by atoms with van der Waals surface area (Å²) < 4.78 is 0. The van der Waals surface area contributed by atoms with Crippen molar-refractivity contribution in [3.05, 3.63) is 35.4 Å². The average molecular weight is 192 g/mol. The molecule has 1 rings (SSSR count). The molecule has 0 aliphatic carbocycles. The Bertz CT molecular complexity index is 288. The number of rotatable bonds is 4. The van der Waals surface area contributed by atoms with Crippen LogP contribution in [0.5, 0.6) is 0 Å². The Morgan fingerprint density at radius 3 is 2.14 bits per heavy atom. The van der Waals surface area contributed by atoms with Crippen molar-refractivity contribution in [3.8, 4) is 0 Å². The summed E-state index contributed by atoms with van der Waals surface area (Å²) in [6.07, 6.45) is 0.246. The summed E-state index contributed by atoms with van der Waals surface area (Å²) in [5, 5.41) is 9.52. The van der Waals surface area contributed by atoms with Crippen LogP contribution in [0.25, 0.3) is 0 Å². The van der Waals surface area contributed by atoms with Crippen LogP contribution in [-0.2, 0) is 4.79 Å². The Kier molecular flexibility index (Phi) is 3.84. The molecule has 0 aliphatic heterocycles. The summed E-state index contributed by atoms with van der Waals surface area (Å²) in [4.78, 5) is 10.2. The first-order chi connectivity index (χ1) is 6.65. The monoisotopic (exact) mass is 192 g/mol. The molecule has 1 atom stereocenters. The predicted molar refractivity (Wildman–Crippen MR) is 56.2 cm³/mol. The van der Waals surface area contributed by atoms with Gasteiger partial charge in [-0.2, -0.15) is 0 Å². The third-order valence-corrected chi connectivity index (χ3v) is 2.31. The van der Waals surface area contributed by atoms with Gasteiger partial charge < -0.3 is 9.90 Å². The SMILES string of the molecule is CC(C)c1ccc(C(O)CC=O)cc1. The summed E-state index contributed by atoms with van der Waals surface area (Å²) >= 11 is 0. The third-order valence-electron chi connectivity index (χ3n) is 2.31. The fourth-order valence-corrected chi connectivity index (χ4v) is 1.33. The largest absolute Gasteiger partial charge is 0.388 e. The second-order valence-corrected chi connectivity index (χ2v) is 3.74. The van der Waals surface area contributed by atoms with E-state index in [-0.39, 0.29) is 6.42 Å². The molecule has 76 valence electrons. The molecule has 1 N–H and O–H groups in total. The number of benzene rings is 1. The molecule has 0 aromatic heterocycles. The van der Waals surface area contributed by atoms with Crippen LogP contribution in [0.1, 0.15) is 43.4 Å². The van der Waals surface area contributed by atoms with Crippen molar-refractivity contribution in [2.75, 3.05) is 0 Å². The second kappa shape index (κ2) is 4.91. The molecule has 0 spiro atoms. The van der Waals surface area contributed by atoms with E-state index < -0.39 is 6.10 Å². The van der Waals surface area contributed by atoms with Crippen molar-refractivity contribution in [2.24, 2.45) is 0 Å². The zero-order chi connectivity index (χ0) is 10.6. The van der Waals surface area contributed by atoms with Crippen molar-refractivity contribution >= 4 is 6.29 Å². The molecule has 0 heterocycles. The molecule has 0 saturated carbocycles. The van der Waals surface area contributed by atoms with Gasteiger partial charge in [-0.05, 0) is 17.0 Å². The van der Waals surface area contributed by atoms with Crippen molar-refractivity contribution in [1.29, 1.82) is 0 Å². The molecule has 14 heavy (non-hydrogen) atoms. The highest BCUT2D eigenvalue weighted by atomic mass is 16.3. The van der Waals surface area contributed by atoms with E-state index in [4.69, 9.17) is 0 Å². The zero-order valence-corrected chi connectivity index (χ0v) is 8.60. The van der Waals surface area contributed by atoms with E-state index in [0.717, 1.165) is 11.8 Å². The smallest absolute Gasteiger partial charge is 0.122 e. The number of hydrogen-bond acceptors (Lipinski definition) is 2. The van der Waals surface area contributed by atoms with Gasteiger partial charge in [0.2, 0.25) is 0 Å². The van der Waals surface area contributed by atoms with E-state index in [9.17, 15) is 9.90 Å². The predicted octanol–water partition coefficient (Wildman–Crippen LogP) is 2.43. The lowest BCUT2D eigenvalue weighted by atomic mass is 9.99. The minimum Gasteiger partial charge on any atom is -0.388 e. The minimum atomic E-state index is -0.659. The molecule has 2 heteroatoms. The highest BCUT2D eigenvalue weighted by molar-refractivity contribution is 5.51. The molecule has 0 aliphatic rings. The van der Waals surface area contributed by atoms with Crippen LogP contribution in [0.2, 0.25) is 0 Å². The van der Waals surface area contributed by atoms with Gasteiger partial charge in [0.15, 0.2) is 0 Å². The van der Waals surface area contributed by atoms with Gasteiger partial charge in [-0.15, -0.1) is 0 Å². The van der Waals surface area contributed by atoms with Crippen LogP contribution in [0.3, 0.4) is 0 Å². The maximum absolute atomic E-state index is 10.2. The third kappa shape index (κ3) is 2.67. The van der Waals surface area contributed by atoms with E-state index in [1.807, 2.05) is 24.3 Å². The molecule has 2 nitrogen and oxygen atoms in total. The van der Waals surface area contributed by atoms with Gasteiger partial charge in [0.1, 0.15) is 6.29 Å². The van der Waals surface area contributed by atoms with Crippen LogP contribution in [0, 0.1) is 0 Å². The van der Waals surface area contributed by atoms with E-state index in [2.05, 4.69) is 13.8 Å². The summed E-state index contributed by atoms with van der Waals surface area (Å²) in [5.74, 6) is 0.493. The van der Waals surface area contributed by atoms with Crippen LogP contribution < -0.4 is 0 Å². The van der Waals surface area contributed by atoms with Gasteiger partial charge in [-0.25, -0.2) is 0 Å². The summed E-state index contributed by atoms with van der Waals surface area (Å²) in [7, 11) is 0. The molecule has 0 saturated heterocycles. The number of aliphatic hydroxyl groups excluding tert-OH is 1. The lowest BCUT2D eigenvalue weighted by molar-refractivity contribution is -0.109. The Balaban J connectivity index is 2.77. The highest BCUT2D eigenvalue weighted by Gasteiger charge is 2.06. The minimum absolute atomic E-state index is 0.168. The van der Waals surface area contributed by atoms with E-state index in [1.165, 1.54) is 5.56 Å². The fraction of sp³-hybridized carbons (Fsp3) is 0.417. The highest BCUT2D eigenvalue weighted by Crippen LogP contribution is 2.19. The first kappa shape index (κ1) is 10.9. The maximum atomic E-state index is 10.2. The van der Waals surface area contributed by atoms with Gasteiger partial charge >= 0.3 is 0 Å². The lowest BCUT2D eigenvalue weighted by Crippen LogP contribution is -1.98. The topological polar surface area (TPSA) is 37.3 Å². The van der Waals surface area contributed by atoms with Crippen molar-refractivity contribution in [1.82, 2.24) is 0 Å². The standard InChI is InChI=1S/C12H16O2/c1-9(2)10-3-5-11(6-4-10)12(14)7-8-13/h3-6,8-9,12,14H,7H2,1-2H3. The quantitative estimate of drug-likeness (QED) is 0.744. The Morgan fingerprint density at radius 2 is 1.71 bits per heavy atom. The first-order valence-corrected chi connectivity index (χ1v) is 4.86. The van der Waals surface area contributed by atoms with Crippen molar-refractivity contribution < 1.29 is 9.90 Å².